The third kappa shape index (κ3) is 42.4. The number of aliphatic hydroxyl groups is 4. The summed E-state index contributed by atoms with van der Waals surface area (Å²) < 4.78 is 0. The zero-order valence-electron chi connectivity index (χ0n) is 40.5. The molecule has 6 heteroatoms. The number of carbonyl (C=O) groups is 1. The Labute approximate surface area is 374 Å². The van der Waals surface area contributed by atoms with E-state index < -0.39 is 36.9 Å². The molecule has 0 heterocycles. The average molecular weight is 850 g/mol. The summed E-state index contributed by atoms with van der Waals surface area (Å²) in [5.74, 6) is -0.587. The first-order valence-corrected chi connectivity index (χ1v) is 27.1. The molecule has 60 heavy (non-hydrogen) atoms. The summed E-state index contributed by atoms with van der Waals surface area (Å²) >= 11 is 0. The number of aliphatic hydroxyl groups excluding tert-OH is 4. The molecule has 0 fully saturated rings. The predicted molar refractivity (Wildman–Crippen MR) is 261 cm³/mol. The Morgan fingerprint density at radius 2 is 0.683 bits per heavy atom. The Morgan fingerprint density at radius 1 is 0.400 bits per heavy atom. The first-order chi connectivity index (χ1) is 29.5. The maximum atomic E-state index is 12.6. The molecular weight excluding hydrogens is 743 g/mol. The van der Waals surface area contributed by atoms with Crippen LogP contribution in [0.1, 0.15) is 296 Å². The van der Waals surface area contributed by atoms with Gasteiger partial charge in [0.05, 0.1) is 18.8 Å². The third-order valence-corrected chi connectivity index (χ3v) is 13.0. The molecule has 0 bridgehead atoms. The van der Waals surface area contributed by atoms with Crippen LogP contribution in [0.15, 0.2) is 12.2 Å². The second kappa shape index (κ2) is 49.1. The number of hydrogen-bond acceptors (Lipinski definition) is 5. The summed E-state index contributed by atoms with van der Waals surface area (Å²) in [6.07, 6.45) is 57.1. The monoisotopic (exact) mass is 850 g/mol. The second-order valence-corrected chi connectivity index (χ2v) is 18.9. The molecule has 0 aliphatic carbocycles. The number of carbonyl (C=O) groups excluding carboxylic acids is 1. The second-order valence-electron chi connectivity index (χ2n) is 18.9. The van der Waals surface area contributed by atoms with Crippen LogP contribution >= 0.6 is 0 Å². The summed E-state index contributed by atoms with van der Waals surface area (Å²) in [6.45, 7) is 4.07. The van der Waals surface area contributed by atoms with Gasteiger partial charge in [-0.15, -0.1) is 0 Å². The number of allylic oxidation sites excluding steroid dienone is 2. The summed E-state index contributed by atoms with van der Waals surface area (Å²) in [5, 5.41) is 43.8. The first kappa shape index (κ1) is 59.0. The molecule has 0 aliphatic heterocycles. The van der Waals surface area contributed by atoms with Gasteiger partial charge in [0, 0.05) is 0 Å². The van der Waals surface area contributed by atoms with Crippen LogP contribution in [0.25, 0.3) is 0 Å². The molecule has 1 amide bonds. The van der Waals surface area contributed by atoms with Crippen molar-refractivity contribution in [1.82, 2.24) is 5.32 Å². The van der Waals surface area contributed by atoms with Crippen molar-refractivity contribution in [1.29, 1.82) is 0 Å². The highest BCUT2D eigenvalue weighted by molar-refractivity contribution is 5.80. The Hall–Kier alpha value is -0.950. The van der Waals surface area contributed by atoms with E-state index in [0.29, 0.717) is 12.8 Å². The zero-order valence-corrected chi connectivity index (χ0v) is 40.5. The number of amides is 1. The number of nitrogens with one attached hydrogen (secondary N) is 1. The van der Waals surface area contributed by atoms with Crippen molar-refractivity contribution in [2.24, 2.45) is 0 Å². The van der Waals surface area contributed by atoms with Crippen LogP contribution in [-0.2, 0) is 4.79 Å². The lowest BCUT2D eigenvalue weighted by Gasteiger charge is -2.27. The molecule has 0 rings (SSSR count). The fourth-order valence-electron chi connectivity index (χ4n) is 8.70. The van der Waals surface area contributed by atoms with Gasteiger partial charge >= 0.3 is 0 Å². The average Bonchev–Trinajstić information content (AvgIpc) is 3.25. The van der Waals surface area contributed by atoms with Gasteiger partial charge in [-0.2, -0.15) is 0 Å². The maximum absolute atomic E-state index is 12.6. The predicted octanol–water partition coefficient (Wildman–Crippen LogP) is 15.3. The van der Waals surface area contributed by atoms with Gasteiger partial charge in [-0.05, 0) is 38.5 Å². The highest BCUT2D eigenvalue weighted by atomic mass is 16.3. The first-order valence-electron chi connectivity index (χ1n) is 27.1. The van der Waals surface area contributed by atoms with Crippen molar-refractivity contribution in [3.8, 4) is 0 Å². The largest absolute Gasteiger partial charge is 0.394 e. The van der Waals surface area contributed by atoms with Crippen molar-refractivity contribution in [2.45, 2.75) is 321 Å². The van der Waals surface area contributed by atoms with Crippen molar-refractivity contribution < 1.29 is 25.2 Å². The van der Waals surface area contributed by atoms with Crippen LogP contribution in [0.5, 0.6) is 0 Å². The highest BCUT2D eigenvalue weighted by Gasteiger charge is 2.28. The highest BCUT2D eigenvalue weighted by Crippen LogP contribution is 2.18. The molecule has 0 aromatic heterocycles. The standard InChI is InChI=1S/C54H107NO5/c1-3-5-7-9-11-13-15-17-19-21-22-23-24-25-26-27-28-29-30-31-32-34-36-38-40-42-44-46-48-52(58)54(60)55-50(49-56)53(59)51(57)47-45-43-41-39-37-35-33-20-18-16-14-12-10-8-6-4-2/h39,41,50-53,56-59H,3-38,40,42-49H2,1-2H3,(H,55,60)/b41-39+. The van der Waals surface area contributed by atoms with Crippen molar-refractivity contribution >= 4 is 5.91 Å². The van der Waals surface area contributed by atoms with Gasteiger partial charge < -0.3 is 25.7 Å². The molecule has 0 aromatic carbocycles. The molecule has 4 atom stereocenters. The Morgan fingerprint density at radius 3 is 1.00 bits per heavy atom. The van der Waals surface area contributed by atoms with Gasteiger partial charge in [0.15, 0.2) is 0 Å². The van der Waals surface area contributed by atoms with Gasteiger partial charge in [-0.3, -0.25) is 4.79 Å². The molecule has 4 unspecified atom stereocenters. The summed E-state index contributed by atoms with van der Waals surface area (Å²) in [7, 11) is 0. The van der Waals surface area contributed by atoms with E-state index in [1.54, 1.807) is 0 Å². The van der Waals surface area contributed by atoms with Crippen LogP contribution in [-0.4, -0.2) is 57.3 Å². The molecule has 0 aromatic rings. The van der Waals surface area contributed by atoms with Crippen molar-refractivity contribution in [2.75, 3.05) is 6.61 Å². The van der Waals surface area contributed by atoms with E-state index >= 15 is 0 Å². The van der Waals surface area contributed by atoms with E-state index in [1.165, 1.54) is 231 Å². The van der Waals surface area contributed by atoms with Gasteiger partial charge in [0.1, 0.15) is 12.2 Å². The van der Waals surface area contributed by atoms with Crippen LogP contribution < -0.4 is 5.32 Å². The fourth-order valence-corrected chi connectivity index (χ4v) is 8.70. The maximum Gasteiger partial charge on any atom is 0.249 e. The van der Waals surface area contributed by atoms with Gasteiger partial charge in [0.2, 0.25) is 5.91 Å². The zero-order chi connectivity index (χ0) is 43.8. The molecule has 6 nitrogen and oxygen atoms in total. The topological polar surface area (TPSA) is 110 Å². The van der Waals surface area contributed by atoms with E-state index in [9.17, 15) is 25.2 Å². The summed E-state index contributed by atoms with van der Waals surface area (Å²) in [4.78, 5) is 12.6. The minimum Gasteiger partial charge on any atom is -0.394 e. The normalized spacial score (nSPS) is 13.9. The van der Waals surface area contributed by atoms with Crippen LogP contribution in [0, 0.1) is 0 Å². The summed E-state index contributed by atoms with van der Waals surface area (Å²) in [6, 6.07) is -0.998. The number of unbranched alkanes of at least 4 members (excludes halogenated alkanes) is 39. The van der Waals surface area contributed by atoms with E-state index in [2.05, 4.69) is 31.3 Å². The number of hydrogen-bond donors (Lipinski definition) is 5. The molecule has 0 saturated carbocycles. The summed E-state index contributed by atoms with van der Waals surface area (Å²) in [5.41, 5.74) is 0. The van der Waals surface area contributed by atoms with E-state index in [-0.39, 0.29) is 0 Å². The van der Waals surface area contributed by atoms with Crippen LogP contribution in [0.4, 0.5) is 0 Å². The fraction of sp³-hybridized carbons (Fsp3) is 0.944. The molecule has 0 aliphatic rings. The lowest BCUT2D eigenvalue weighted by molar-refractivity contribution is -0.132. The molecule has 0 radical (unpaired) electrons. The van der Waals surface area contributed by atoms with Gasteiger partial charge in [0.25, 0.3) is 0 Å². The molecule has 0 saturated heterocycles. The molecular formula is C54H107NO5. The van der Waals surface area contributed by atoms with Gasteiger partial charge in [-0.25, -0.2) is 0 Å². The number of rotatable bonds is 50. The Kier molecular flexibility index (Phi) is 48.3. The Bertz CT molecular complexity index is 867. The molecule has 5 N–H and O–H groups in total. The lowest BCUT2D eigenvalue weighted by Crippen LogP contribution is -2.53. The molecule has 358 valence electrons. The van der Waals surface area contributed by atoms with Gasteiger partial charge in [-0.1, -0.05) is 270 Å². The van der Waals surface area contributed by atoms with Crippen molar-refractivity contribution in [3.05, 3.63) is 12.2 Å². The Balaban J connectivity index is 3.60. The van der Waals surface area contributed by atoms with Crippen LogP contribution in [0.3, 0.4) is 0 Å². The lowest BCUT2D eigenvalue weighted by atomic mass is 10.00. The quantitative estimate of drug-likeness (QED) is 0.0309. The van der Waals surface area contributed by atoms with E-state index in [1.807, 2.05) is 0 Å². The SMILES string of the molecule is CCCCCCCCCCCCC/C=C/CCCC(O)C(O)C(CO)NC(=O)C(O)CCCCCCCCCCCCCCCCCCCCCCCCCCCCCC. The smallest absolute Gasteiger partial charge is 0.249 e. The van der Waals surface area contributed by atoms with Crippen molar-refractivity contribution in [3.63, 3.8) is 0 Å². The third-order valence-electron chi connectivity index (χ3n) is 13.0. The van der Waals surface area contributed by atoms with E-state index in [0.717, 1.165) is 38.5 Å². The molecule has 0 spiro atoms. The van der Waals surface area contributed by atoms with E-state index in [4.69, 9.17) is 0 Å². The minimum absolute atomic E-state index is 0.369. The van der Waals surface area contributed by atoms with Crippen LogP contribution in [0.2, 0.25) is 0 Å². The minimum atomic E-state index is -1.28.